The fourth-order valence-electron chi connectivity index (χ4n) is 1.62. The SMILES string of the molecule is CC(=O)n1ccc2cc([N+](=O)[O-])c(N)cc21. The van der Waals surface area contributed by atoms with Gasteiger partial charge in [0.2, 0.25) is 5.91 Å². The van der Waals surface area contributed by atoms with Gasteiger partial charge in [-0.25, -0.2) is 0 Å². The predicted octanol–water partition coefficient (Wildman–Crippen LogP) is 1.79. The van der Waals surface area contributed by atoms with Crippen LogP contribution in [0, 0.1) is 10.1 Å². The number of nitro groups is 1. The molecule has 1 aromatic heterocycles. The predicted molar refractivity (Wildman–Crippen MR) is 59.3 cm³/mol. The van der Waals surface area contributed by atoms with Crippen LogP contribution >= 0.6 is 0 Å². The number of fused-ring (bicyclic) bond motifs is 1. The summed E-state index contributed by atoms with van der Waals surface area (Å²) in [7, 11) is 0. The monoisotopic (exact) mass is 219 g/mol. The van der Waals surface area contributed by atoms with E-state index >= 15 is 0 Å². The van der Waals surface area contributed by atoms with E-state index in [-0.39, 0.29) is 17.3 Å². The van der Waals surface area contributed by atoms with Crippen LogP contribution < -0.4 is 5.73 Å². The molecule has 0 spiro atoms. The molecule has 0 fully saturated rings. The minimum atomic E-state index is -0.542. The summed E-state index contributed by atoms with van der Waals surface area (Å²) in [4.78, 5) is 21.4. The zero-order valence-electron chi connectivity index (χ0n) is 8.51. The quantitative estimate of drug-likeness (QED) is 0.449. The van der Waals surface area contributed by atoms with E-state index in [1.165, 1.54) is 23.6 Å². The number of rotatable bonds is 1. The fourth-order valence-corrected chi connectivity index (χ4v) is 1.62. The molecular formula is C10H9N3O3. The van der Waals surface area contributed by atoms with Crippen molar-refractivity contribution in [2.45, 2.75) is 6.92 Å². The lowest BCUT2D eigenvalue weighted by molar-refractivity contribution is -0.383. The number of nitro benzene ring substituents is 1. The topological polar surface area (TPSA) is 91.2 Å². The maximum atomic E-state index is 11.2. The van der Waals surface area contributed by atoms with Crippen molar-refractivity contribution in [1.29, 1.82) is 0 Å². The Bertz CT molecular complexity index is 601. The highest BCUT2D eigenvalue weighted by Gasteiger charge is 2.15. The first-order valence-electron chi connectivity index (χ1n) is 4.56. The summed E-state index contributed by atoms with van der Waals surface area (Å²) in [6, 6.07) is 4.45. The first-order valence-corrected chi connectivity index (χ1v) is 4.56. The number of aromatic nitrogens is 1. The summed E-state index contributed by atoms with van der Waals surface area (Å²) in [5.74, 6) is -0.164. The van der Waals surface area contributed by atoms with E-state index in [4.69, 9.17) is 5.73 Å². The Morgan fingerprint density at radius 1 is 1.50 bits per heavy atom. The number of anilines is 1. The Hall–Kier alpha value is -2.37. The molecule has 1 aromatic carbocycles. The summed E-state index contributed by atoms with van der Waals surface area (Å²) in [5.41, 5.74) is 6.04. The average molecular weight is 219 g/mol. The van der Waals surface area contributed by atoms with Crippen LogP contribution in [-0.4, -0.2) is 15.4 Å². The van der Waals surface area contributed by atoms with E-state index in [0.717, 1.165) is 0 Å². The van der Waals surface area contributed by atoms with Gasteiger partial charge < -0.3 is 5.73 Å². The van der Waals surface area contributed by atoms with E-state index in [0.29, 0.717) is 10.9 Å². The van der Waals surface area contributed by atoms with Crippen molar-refractivity contribution in [2.75, 3.05) is 5.73 Å². The van der Waals surface area contributed by atoms with E-state index in [1.807, 2.05) is 0 Å². The van der Waals surface area contributed by atoms with Crippen molar-refractivity contribution in [2.24, 2.45) is 0 Å². The van der Waals surface area contributed by atoms with Crippen LogP contribution in [0.15, 0.2) is 24.4 Å². The molecule has 2 rings (SSSR count). The maximum Gasteiger partial charge on any atom is 0.292 e. The lowest BCUT2D eigenvalue weighted by Crippen LogP contribution is -2.03. The molecule has 6 heteroatoms. The van der Waals surface area contributed by atoms with Crippen LogP contribution in [0.2, 0.25) is 0 Å². The van der Waals surface area contributed by atoms with Gasteiger partial charge in [0.25, 0.3) is 5.69 Å². The Labute approximate surface area is 90.4 Å². The molecule has 0 radical (unpaired) electrons. The molecule has 0 saturated carbocycles. The van der Waals surface area contributed by atoms with Crippen LogP contribution in [0.25, 0.3) is 10.9 Å². The lowest BCUT2D eigenvalue weighted by Gasteiger charge is -2.01. The number of hydrogen-bond donors (Lipinski definition) is 1. The minimum absolute atomic E-state index is 0.0544. The Morgan fingerprint density at radius 3 is 2.75 bits per heavy atom. The molecule has 6 nitrogen and oxygen atoms in total. The summed E-state index contributed by atoms with van der Waals surface area (Å²) < 4.78 is 1.40. The Kier molecular flexibility index (Phi) is 2.12. The van der Waals surface area contributed by atoms with Gasteiger partial charge in [-0.1, -0.05) is 0 Å². The van der Waals surface area contributed by atoms with Crippen LogP contribution in [0.4, 0.5) is 11.4 Å². The largest absolute Gasteiger partial charge is 0.393 e. The van der Waals surface area contributed by atoms with Gasteiger partial charge in [-0.2, -0.15) is 0 Å². The number of nitrogens with zero attached hydrogens (tertiary/aromatic N) is 2. The molecule has 0 aliphatic carbocycles. The van der Waals surface area contributed by atoms with Crippen LogP contribution in [0.5, 0.6) is 0 Å². The number of carbonyl (C=O) groups is 1. The summed E-state index contributed by atoms with van der Waals surface area (Å²) in [5, 5.41) is 11.3. The Morgan fingerprint density at radius 2 is 2.19 bits per heavy atom. The minimum Gasteiger partial charge on any atom is -0.393 e. The molecule has 0 bridgehead atoms. The second-order valence-electron chi connectivity index (χ2n) is 3.43. The number of benzene rings is 1. The third kappa shape index (κ3) is 1.40. The highest BCUT2D eigenvalue weighted by molar-refractivity contribution is 5.95. The van der Waals surface area contributed by atoms with Gasteiger partial charge in [-0.3, -0.25) is 19.5 Å². The molecule has 0 aliphatic heterocycles. The number of carbonyl (C=O) groups excluding carboxylic acids is 1. The third-order valence-electron chi connectivity index (χ3n) is 2.37. The van der Waals surface area contributed by atoms with Crippen molar-refractivity contribution >= 4 is 28.2 Å². The average Bonchev–Trinajstić information content (AvgIpc) is 2.58. The van der Waals surface area contributed by atoms with E-state index in [9.17, 15) is 14.9 Å². The molecule has 2 aromatic rings. The van der Waals surface area contributed by atoms with E-state index in [2.05, 4.69) is 0 Å². The molecule has 0 atom stereocenters. The van der Waals surface area contributed by atoms with Gasteiger partial charge in [-0.15, -0.1) is 0 Å². The van der Waals surface area contributed by atoms with Crippen molar-refractivity contribution in [3.63, 3.8) is 0 Å². The highest BCUT2D eigenvalue weighted by atomic mass is 16.6. The summed E-state index contributed by atoms with van der Waals surface area (Å²) in [6.45, 7) is 1.41. The molecule has 0 saturated heterocycles. The van der Waals surface area contributed by atoms with Crippen LogP contribution in [-0.2, 0) is 0 Å². The standard InChI is InChI=1S/C10H9N3O3/c1-6(14)12-3-2-7-4-10(13(15)16)8(11)5-9(7)12/h2-5H,11H2,1H3. The molecule has 0 amide bonds. The van der Waals surface area contributed by atoms with Crippen molar-refractivity contribution in [1.82, 2.24) is 4.57 Å². The normalized spacial score (nSPS) is 10.6. The van der Waals surface area contributed by atoms with Crippen LogP contribution in [0.3, 0.4) is 0 Å². The van der Waals surface area contributed by atoms with Gasteiger partial charge in [0.15, 0.2) is 0 Å². The molecule has 82 valence electrons. The second-order valence-corrected chi connectivity index (χ2v) is 3.43. The van der Waals surface area contributed by atoms with Crippen molar-refractivity contribution in [3.05, 3.63) is 34.5 Å². The van der Waals surface area contributed by atoms with Crippen molar-refractivity contribution < 1.29 is 9.72 Å². The summed E-state index contributed by atoms with van der Waals surface area (Å²) >= 11 is 0. The van der Waals surface area contributed by atoms with Gasteiger partial charge in [0.1, 0.15) is 5.69 Å². The number of nitrogens with two attached hydrogens (primary N) is 1. The lowest BCUT2D eigenvalue weighted by atomic mass is 10.2. The van der Waals surface area contributed by atoms with Gasteiger partial charge in [-0.05, 0) is 12.1 Å². The zero-order valence-corrected chi connectivity index (χ0v) is 8.51. The zero-order chi connectivity index (χ0) is 11.9. The molecule has 16 heavy (non-hydrogen) atoms. The van der Waals surface area contributed by atoms with Crippen molar-refractivity contribution in [3.8, 4) is 0 Å². The first-order chi connectivity index (χ1) is 7.50. The van der Waals surface area contributed by atoms with Crippen LogP contribution in [0.1, 0.15) is 11.7 Å². The fraction of sp³-hybridized carbons (Fsp3) is 0.100. The molecule has 0 unspecified atom stereocenters. The second kappa shape index (κ2) is 3.34. The number of nitrogen functional groups attached to an aromatic ring is 1. The van der Waals surface area contributed by atoms with E-state index < -0.39 is 4.92 Å². The molecule has 0 aliphatic rings. The smallest absolute Gasteiger partial charge is 0.292 e. The summed E-state index contributed by atoms with van der Waals surface area (Å²) in [6.07, 6.45) is 1.57. The first kappa shape index (κ1) is 10.2. The van der Waals surface area contributed by atoms with Gasteiger partial charge >= 0.3 is 0 Å². The molecule has 2 N–H and O–H groups in total. The Balaban J connectivity index is 2.76. The highest BCUT2D eigenvalue weighted by Crippen LogP contribution is 2.28. The maximum absolute atomic E-state index is 11.2. The van der Waals surface area contributed by atoms with Gasteiger partial charge in [0, 0.05) is 24.6 Å². The molecular weight excluding hydrogens is 210 g/mol. The number of hydrogen-bond acceptors (Lipinski definition) is 4. The van der Waals surface area contributed by atoms with Gasteiger partial charge in [0.05, 0.1) is 10.4 Å². The molecule has 1 heterocycles. The third-order valence-corrected chi connectivity index (χ3v) is 2.37. The van der Waals surface area contributed by atoms with E-state index in [1.54, 1.807) is 12.3 Å².